The van der Waals surface area contributed by atoms with Gasteiger partial charge in [-0.2, -0.15) is 4.31 Å². The number of pyridine rings is 1. The number of rotatable bonds is 10. The fraction of sp³-hybridized carbons (Fsp3) is 0.556. The number of nitrogens with zero attached hydrogens (tertiary/aromatic N) is 2. The Morgan fingerprint density at radius 3 is 2.51 bits per heavy atom. The minimum absolute atomic E-state index is 0.106. The number of nitrogens with one attached hydrogen (secondary N) is 2. The normalized spacial score (nSPS) is 20.5. The Hall–Kier alpha value is -2.43. The van der Waals surface area contributed by atoms with Gasteiger partial charge in [-0.05, 0) is 55.2 Å². The first kappa shape index (κ1) is 27.6. The fourth-order valence-electron chi connectivity index (χ4n) is 5.36. The number of hydrogen-bond acceptors (Lipinski definition) is 5. The molecule has 0 radical (unpaired) electrons. The van der Waals surface area contributed by atoms with Crippen molar-refractivity contribution in [1.82, 2.24) is 14.6 Å². The van der Waals surface area contributed by atoms with Crippen molar-refractivity contribution in [2.24, 2.45) is 11.8 Å². The summed E-state index contributed by atoms with van der Waals surface area (Å²) in [6, 6.07) is 5.88. The summed E-state index contributed by atoms with van der Waals surface area (Å²) in [6.07, 6.45) is 4.61. The third-order valence-corrected chi connectivity index (χ3v) is 9.93. The number of anilines is 1. The summed E-state index contributed by atoms with van der Waals surface area (Å²) in [6.45, 7) is 7.33. The summed E-state index contributed by atoms with van der Waals surface area (Å²) in [5.41, 5.74) is 1.46. The molecule has 1 saturated heterocycles. The van der Waals surface area contributed by atoms with Gasteiger partial charge in [-0.25, -0.2) is 17.2 Å². The summed E-state index contributed by atoms with van der Waals surface area (Å²) in [5.74, 6) is -1.69. The molecule has 2 aliphatic rings. The molecule has 1 aliphatic heterocycles. The molecule has 1 aliphatic carbocycles. The van der Waals surface area contributed by atoms with Gasteiger partial charge in [-0.15, -0.1) is 0 Å². The van der Waals surface area contributed by atoms with E-state index in [9.17, 15) is 22.0 Å². The Morgan fingerprint density at radius 1 is 1.16 bits per heavy atom. The predicted octanol–water partition coefficient (Wildman–Crippen LogP) is 4.07. The van der Waals surface area contributed by atoms with Crippen molar-refractivity contribution >= 4 is 21.6 Å². The van der Waals surface area contributed by atoms with Gasteiger partial charge < -0.3 is 10.6 Å². The number of carbonyl (C=O) groups excluding carboxylic acids is 1. The molecule has 0 spiro atoms. The van der Waals surface area contributed by atoms with Crippen molar-refractivity contribution in [2.75, 3.05) is 25.0 Å². The van der Waals surface area contributed by atoms with Crippen LogP contribution in [-0.4, -0.2) is 54.5 Å². The number of benzene rings is 1. The van der Waals surface area contributed by atoms with Gasteiger partial charge >= 0.3 is 0 Å². The zero-order chi connectivity index (χ0) is 26.7. The molecule has 10 heteroatoms. The zero-order valence-corrected chi connectivity index (χ0v) is 22.4. The second-order valence-corrected chi connectivity index (χ2v) is 12.7. The van der Waals surface area contributed by atoms with E-state index >= 15 is 0 Å². The van der Waals surface area contributed by atoms with E-state index in [2.05, 4.69) is 15.6 Å². The van der Waals surface area contributed by atoms with Crippen LogP contribution >= 0.6 is 0 Å². The van der Waals surface area contributed by atoms with E-state index in [0.29, 0.717) is 50.1 Å². The smallest absolute Gasteiger partial charge is 0.227 e. The summed E-state index contributed by atoms with van der Waals surface area (Å²) in [4.78, 5) is 17.2. The van der Waals surface area contributed by atoms with Crippen LogP contribution in [-0.2, 0) is 21.2 Å². The lowest BCUT2D eigenvalue weighted by atomic mass is 9.78. The van der Waals surface area contributed by atoms with E-state index in [1.165, 1.54) is 18.3 Å². The van der Waals surface area contributed by atoms with Gasteiger partial charge in [0.25, 0.3) is 0 Å². The largest absolute Gasteiger partial charge is 0.324 e. The van der Waals surface area contributed by atoms with Crippen molar-refractivity contribution in [3.05, 3.63) is 59.4 Å². The maximum atomic E-state index is 14.9. The van der Waals surface area contributed by atoms with Crippen LogP contribution in [0.4, 0.5) is 14.5 Å². The number of carbonyl (C=O) groups is 1. The number of halogens is 2. The van der Waals surface area contributed by atoms with Crippen molar-refractivity contribution in [1.29, 1.82) is 0 Å². The monoisotopic (exact) mass is 534 g/mol. The Labute approximate surface area is 218 Å². The SMILES string of the molecule is CC(C)[C@H](c1ccc(F)cc1)[C@H](C)C(=O)Nc1cncc(F)c1CC[C@H]1CNCCN1S(=O)(=O)C1CC1. The number of sulfonamides is 1. The molecule has 1 amide bonds. The van der Waals surface area contributed by atoms with Gasteiger partial charge in [-0.1, -0.05) is 32.9 Å². The Balaban J connectivity index is 1.49. The molecule has 2 N–H and O–H groups in total. The number of hydrogen-bond donors (Lipinski definition) is 2. The molecule has 1 saturated carbocycles. The Kier molecular flexibility index (Phi) is 8.60. The summed E-state index contributed by atoms with van der Waals surface area (Å²) in [5, 5.41) is 5.81. The molecular formula is C27H36F2N4O3S. The van der Waals surface area contributed by atoms with E-state index < -0.39 is 21.8 Å². The van der Waals surface area contributed by atoms with Crippen LogP contribution < -0.4 is 10.6 Å². The minimum atomic E-state index is -3.35. The van der Waals surface area contributed by atoms with Crippen LogP contribution in [0.1, 0.15) is 57.1 Å². The van der Waals surface area contributed by atoms with E-state index in [0.717, 1.165) is 11.8 Å². The first-order chi connectivity index (χ1) is 17.6. The maximum Gasteiger partial charge on any atom is 0.227 e. The lowest BCUT2D eigenvalue weighted by Crippen LogP contribution is -2.54. The molecule has 202 valence electrons. The molecule has 2 fully saturated rings. The van der Waals surface area contributed by atoms with Crippen molar-refractivity contribution in [3.8, 4) is 0 Å². The van der Waals surface area contributed by atoms with Crippen molar-refractivity contribution in [3.63, 3.8) is 0 Å². The Bertz CT molecular complexity index is 1200. The van der Waals surface area contributed by atoms with Gasteiger partial charge in [-0.3, -0.25) is 9.78 Å². The topological polar surface area (TPSA) is 91.4 Å². The van der Waals surface area contributed by atoms with Crippen LogP contribution in [0, 0.1) is 23.5 Å². The molecule has 1 aromatic heterocycles. The maximum absolute atomic E-state index is 14.9. The van der Waals surface area contributed by atoms with Gasteiger partial charge in [0, 0.05) is 37.2 Å². The van der Waals surface area contributed by atoms with Crippen LogP contribution in [0.5, 0.6) is 0 Å². The zero-order valence-electron chi connectivity index (χ0n) is 21.6. The van der Waals surface area contributed by atoms with Gasteiger partial charge in [0.2, 0.25) is 15.9 Å². The molecule has 7 nitrogen and oxygen atoms in total. The molecule has 1 aromatic carbocycles. The molecule has 37 heavy (non-hydrogen) atoms. The van der Waals surface area contributed by atoms with Crippen LogP contribution in [0.15, 0.2) is 36.7 Å². The summed E-state index contributed by atoms with van der Waals surface area (Å²) in [7, 11) is -3.35. The highest BCUT2D eigenvalue weighted by Crippen LogP contribution is 2.35. The van der Waals surface area contributed by atoms with Crippen LogP contribution in [0.2, 0.25) is 0 Å². The van der Waals surface area contributed by atoms with E-state index in [-0.39, 0.29) is 41.3 Å². The first-order valence-corrected chi connectivity index (χ1v) is 14.5. The van der Waals surface area contributed by atoms with Gasteiger partial charge in [0.1, 0.15) is 11.6 Å². The molecular weight excluding hydrogens is 498 g/mol. The van der Waals surface area contributed by atoms with Crippen LogP contribution in [0.25, 0.3) is 0 Å². The van der Waals surface area contributed by atoms with Gasteiger partial charge in [0.05, 0.1) is 23.3 Å². The second-order valence-electron chi connectivity index (χ2n) is 10.5. The molecule has 3 atom stereocenters. The highest BCUT2D eigenvalue weighted by molar-refractivity contribution is 7.90. The van der Waals surface area contributed by atoms with Gasteiger partial charge in [0.15, 0.2) is 0 Å². The molecule has 4 rings (SSSR count). The van der Waals surface area contributed by atoms with Crippen LogP contribution in [0.3, 0.4) is 0 Å². The lowest BCUT2D eigenvalue weighted by molar-refractivity contribution is -0.120. The lowest BCUT2D eigenvalue weighted by Gasteiger charge is -2.35. The number of amides is 1. The molecule has 0 unspecified atom stereocenters. The standard InChI is InChI=1S/C27H36F2N4O3S/c1-17(2)26(19-4-6-20(28)7-5-19)18(3)27(34)32-25-16-31-15-24(29)23(25)11-8-21-14-30-12-13-33(21)37(35,36)22-9-10-22/h4-7,15-18,21-22,26,30H,8-14H2,1-3H3,(H,32,34)/t18-,21-,26-/m0/s1. The highest BCUT2D eigenvalue weighted by atomic mass is 32.2. The van der Waals surface area contributed by atoms with E-state index in [1.54, 1.807) is 16.4 Å². The third-order valence-electron chi connectivity index (χ3n) is 7.48. The minimum Gasteiger partial charge on any atom is -0.324 e. The molecule has 0 bridgehead atoms. The second kappa shape index (κ2) is 11.5. The highest BCUT2D eigenvalue weighted by Gasteiger charge is 2.43. The summed E-state index contributed by atoms with van der Waals surface area (Å²) < 4.78 is 55.8. The van der Waals surface area contributed by atoms with Crippen molar-refractivity contribution < 1.29 is 22.0 Å². The fourth-order valence-corrected chi connectivity index (χ4v) is 7.42. The third kappa shape index (κ3) is 6.35. The quantitative estimate of drug-likeness (QED) is 0.480. The molecule has 2 heterocycles. The van der Waals surface area contributed by atoms with E-state index in [4.69, 9.17) is 0 Å². The summed E-state index contributed by atoms with van der Waals surface area (Å²) >= 11 is 0. The van der Waals surface area contributed by atoms with Crippen molar-refractivity contribution in [2.45, 2.75) is 63.7 Å². The molecule has 2 aromatic rings. The average molecular weight is 535 g/mol. The predicted molar refractivity (Wildman–Crippen MR) is 140 cm³/mol. The first-order valence-electron chi connectivity index (χ1n) is 13.0. The number of aromatic nitrogens is 1. The van der Waals surface area contributed by atoms with E-state index in [1.807, 2.05) is 20.8 Å². The average Bonchev–Trinajstić information content (AvgIpc) is 3.71. The Morgan fingerprint density at radius 2 is 1.86 bits per heavy atom. The number of piperazine rings is 1.